The third-order valence-corrected chi connectivity index (χ3v) is 5.07. The number of anilines is 1. The number of esters is 1. The molecule has 0 unspecified atom stereocenters. The number of ketones is 1. The van der Waals surface area contributed by atoms with Crippen LogP contribution >= 0.6 is 11.6 Å². The van der Waals surface area contributed by atoms with Gasteiger partial charge in [-0.15, -0.1) is 0 Å². The van der Waals surface area contributed by atoms with Crippen molar-refractivity contribution in [2.45, 2.75) is 58.0 Å². The Morgan fingerprint density at radius 3 is 2.61 bits per heavy atom. The maximum atomic E-state index is 13.3. The predicted octanol–water partition coefficient (Wildman–Crippen LogP) is 0.545. The number of fused-ring (bicyclic) bond motifs is 1. The maximum Gasteiger partial charge on any atom is 0.343 e. The van der Waals surface area contributed by atoms with Gasteiger partial charge in [-0.2, -0.15) is 0 Å². The summed E-state index contributed by atoms with van der Waals surface area (Å²) in [6.07, 6.45) is -0.517. The number of Topliss-reactive ketones (excluding diaryl/α,β-unsaturated/α-hetero) is 1. The number of rotatable bonds is 8. The Morgan fingerprint density at radius 1 is 1.27 bits per heavy atom. The molecule has 2 saturated heterocycles. The third kappa shape index (κ3) is 5.47. The molecule has 3 N–H and O–H groups in total. The summed E-state index contributed by atoms with van der Waals surface area (Å²) >= 11 is 6.09. The molecule has 33 heavy (non-hydrogen) atoms. The Hall–Kier alpha value is -2.64. The lowest BCUT2D eigenvalue weighted by Gasteiger charge is -2.23. The number of halogens is 1. The first-order chi connectivity index (χ1) is 15.6. The van der Waals surface area contributed by atoms with Crippen LogP contribution in [0.3, 0.4) is 0 Å². The van der Waals surface area contributed by atoms with Gasteiger partial charge in [0, 0.05) is 13.1 Å². The standard InChI is InChI=1S/C20H25ClN4O8/c1-5-30-19(29)10(13(28)12-16(21)23-8-24-17(12)25-9(2)27)6-22-18-15-14(11(7-26)31-18)32-20(3,4)33-15/h6,8,11,14-15,18,22,26H,5,7H2,1-4H3,(H,23,24,25,27)/b10-6-/t11-,14-,15-,18-/m1/s1. The molecule has 2 aliphatic rings. The maximum absolute atomic E-state index is 13.3. The lowest BCUT2D eigenvalue weighted by molar-refractivity contribution is -0.192. The molecule has 12 nitrogen and oxygen atoms in total. The largest absolute Gasteiger partial charge is 0.462 e. The van der Waals surface area contributed by atoms with E-state index < -0.39 is 53.6 Å². The van der Waals surface area contributed by atoms with E-state index in [1.54, 1.807) is 20.8 Å². The van der Waals surface area contributed by atoms with Gasteiger partial charge in [-0.3, -0.25) is 9.59 Å². The highest BCUT2D eigenvalue weighted by atomic mass is 35.5. The molecule has 0 aromatic carbocycles. The van der Waals surface area contributed by atoms with Crippen molar-refractivity contribution in [1.82, 2.24) is 15.3 Å². The number of ether oxygens (including phenoxy) is 4. The molecule has 2 aliphatic heterocycles. The van der Waals surface area contributed by atoms with E-state index in [-0.39, 0.29) is 29.7 Å². The van der Waals surface area contributed by atoms with E-state index in [1.165, 1.54) is 6.92 Å². The van der Waals surface area contributed by atoms with Gasteiger partial charge in [0.1, 0.15) is 46.7 Å². The van der Waals surface area contributed by atoms with Crippen LogP contribution in [0.1, 0.15) is 38.1 Å². The summed E-state index contributed by atoms with van der Waals surface area (Å²) in [4.78, 5) is 45.0. The highest BCUT2D eigenvalue weighted by Gasteiger charge is 2.55. The van der Waals surface area contributed by atoms with Crippen LogP contribution in [-0.2, 0) is 28.5 Å². The quantitative estimate of drug-likeness (QED) is 0.118. The first-order valence-electron chi connectivity index (χ1n) is 10.2. The number of aliphatic hydroxyl groups is 1. The van der Waals surface area contributed by atoms with Crippen LogP contribution in [0.5, 0.6) is 0 Å². The van der Waals surface area contributed by atoms with Gasteiger partial charge in [0.05, 0.1) is 13.2 Å². The summed E-state index contributed by atoms with van der Waals surface area (Å²) in [5.41, 5.74) is -0.721. The van der Waals surface area contributed by atoms with Crippen LogP contribution in [0.4, 0.5) is 5.82 Å². The van der Waals surface area contributed by atoms with Crippen LogP contribution in [0, 0.1) is 0 Å². The number of aromatic nitrogens is 2. The molecule has 1 aromatic rings. The Bertz CT molecular complexity index is 969. The molecular weight excluding hydrogens is 460 g/mol. The number of nitrogens with one attached hydrogen (secondary N) is 2. The molecule has 0 bridgehead atoms. The zero-order chi connectivity index (χ0) is 24.3. The van der Waals surface area contributed by atoms with Gasteiger partial charge in [-0.05, 0) is 20.8 Å². The summed E-state index contributed by atoms with van der Waals surface area (Å²) in [5.74, 6) is -3.39. The zero-order valence-electron chi connectivity index (χ0n) is 18.5. The monoisotopic (exact) mass is 484 g/mol. The van der Waals surface area contributed by atoms with Crippen LogP contribution < -0.4 is 10.6 Å². The summed E-state index contributed by atoms with van der Waals surface area (Å²) in [6.45, 7) is 5.94. The number of aliphatic hydroxyl groups excluding tert-OH is 1. The number of hydrogen-bond acceptors (Lipinski definition) is 11. The zero-order valence-corrected chi connectivity index (χ0v) is 19.2. The number of amides is 1. The molecule has 0 spiro atoms. The van der Waals surface area contributed by atoms with E-state index in [1.807, 2.05) is 0 Å². The molecular formula is C20H25ClN4O8. The summed E-state index contributed by atoms with van der Waals surface area (Å²) < 4.78 is 22.4. The lowest BCUT2D eigenvalue weighted by Crippen LogP contribution is -2.39. The fraction of sp³-hybridized carbons (Fsp3) is 0.550. The lowest BCUT2D eigenvalue weighted by atomic mass is 10.1. The second-order valence-electron chi connectivity index (χ2n) is 7.69. The molecule has 1 amide bonds. The number of carbonyl (C=O) groups excluding carboxylic acids is 3. The van der Waals surface area contributed by atoms with E-state index >= 15 is 0 Å². The van der Waals surface area contributed by atoms with Gasteiger partial charge in [0.2, 0.25) is 11.7 Å². The first-order valence-corrected chi connectivity index (χ1v) is 10.5. The van der Waals surface area contributed by atoms with Crippen LogP contribution in [-0.4, -0.2) is 76.3 Å². The normalized spacial score (nSPS) is 25.9. The molecule has 180 valence electrons. The topological polar surface area (TPSA) is 158 Å². The van der Waals surface area contributed by atoms with Crippen molar-refractivity contribution in [2.75, 3.05) is 18.5 Å². The van der Waals surface area contributed by atoms with Crippen molar-refractivity contribution < 1.29 is 38.4 Å². The minimum absolute atomic E-state index is 0.00336. The molecule has 0 aliphatic carbocycles. The van der Waals surface area contributed by atoms with Crippen molar-refractivity contribution in [3.63, 3.8) is 0 Å². The van der Waals surface area contributed by atoms with E-state index in [0.717, 1.165) is 12.5 Å². The summed E-state index contributed by atoms with van der Waals surface area (Å²) in [5, 5.41) is 14.6. The van der Waals surface area contributed by atoms with Gasteiger partial charge in [0.15, 0.2) is 12.0 Å². The Labute approximate surface area is 194 Å². The molecule has 13 heteroatoms. The van der Waals surface area contributed by atoms with Crippen molar-refractivity contribution in [3.8, 4) is 0 Å². The van der Waals surface area contributed by atoms with Gasteiger partial charge >= 0.3 is 5.97 Å². The van der Waals surface area contributed by atoms with E-state index in [4.69, 9.17) is 30.5 Å². The Morgan fingerprint density at radius 2 is 1.97 bits per heavy atom. The summed E-state index contributed by atoms with van der Waals surface area (Å²) in [7, 11) is 0. The van der Waals surface area contributed by atoms with Crippen molar-refractivity contribution in [2.24, 2.45) is 0 Å². The van der Waals surface area contributed by atoms with Gasteiger partial charge in [-0.1, -0.05) is 11.6 Å². The van der Waals surface area contributed by atoms with Crippen LogP contribution in [0.15, 0.2) is 18.1 Å². The van der Waals surface area contributed by atoms with E-state index in [0.29, 0.717) is 0 Å². The second kappa shape index (κ2) is 10.1. The smallest absolute Gasteiger partial charge is 0.343 e. The van der Waals surface area contributed by atoms with E-state index in [2.05, 4.69) is 20.6 Å². The molecule has 0 saturated carbocycles. The fourth-order valence-corrected chi connectivity index (χ4v) is 3.74. The van der Waals surface area contributed by atoms with Gasteiger partial charge < -0.3 is 34.7 Å². The summed E-state index contributed by atoms with van der Waals surface area (Å²) in [6, 6.07) is 0. The molecule has 3 heterocycles. The number of nitrogens with zero attached hydrogens (tertiary/aromatic N) is 2. The molecule has 2 fully saturated rings. The average molecular weight is 485 g/mol. The second-order valence-corrected chi connectivity index (χ2v) is 8.04. The Balaban J connectivity index is 1.92. The molecule has 4 atom stereocenters. The first kappa shape index (κ1) is 25.0. The molecule has 1 aromatic heterocycles. The minimum atomic E-state index is -0.944. The SMILES string of the molecule is CCOC(=O)/C(=C\N[C@@H]1O[C@H](CO)[C@H]2OC(C)(C)O[C@H]21)C(=O)c1c(Cl)ncnc1NC(C)=O. The van der Waals surface area contributed by atoms with Crippen LogP contribution in [0.25, 0.3) is 0 Å². The van der Waals surface area contributed by atoms with Crippen molar-refractivity contribution in [1.29, 1.82) is 0 Å². The van der Waals surface area contributed by atoms with Gasteiger partial charge in [0.25, 0.3) is 0 Å². The van der Waals surface area contributed by atoms with Crippen molar-refractivity contribution in [3.05, 3.63) is 28.8 Å². The third-order valence-electron chi connectivity index (χ3n) is 4.78. The fourth-order valence-electron chi connectivity index (χ4n) is 3.52. The molecule has 3 rings (SSSR count). The number of carbonyl (C=O) groups is 3. The highest BCUT2D eigenvalue weighted by molar-refractivity contribution is 6.37. The van der Waals surface area contributed by atoms with Gasteiger partial charge in [-0.25, -0.2) is 14.8 Å². The van der Waals surface area contributed by atoms with Crippen molar-refractivity contribution >= 4 is 35.1 Å². The number of hydrogen-bond donors (Lipinski definition) is 3. The van der Waals surface area contributed by atoms with E-state index in [9.17, 15) is 19.5 Å². The molecule has 0 radical (unpaired) electrons. The van der Waals surface area contributed by atoms with Crippen LogP contribution in [0.2, 0.25) is 5.15 Å². The highest BCUT2D eigenvalue weighted by Crippen LogP contribution is 2.37. The minimum Gasteiger partial charge on any atom is -0.462 e. The Kier molecular flexibility index (Phi) is 7.65. The predicted molar refractivity (Wildman–Crippen MR) is 113 cm³/mol. The average Bonchev–Trinajstić information content (AvgIpc) is 3.20.